The highest BCUT2D eigenvalue weighted by atomic mass is 79.9. The number of rotatable bonds is 2. The molecule has 0 bridgehead atoms. The molecule has 2 aromatic rings. The number of ether oxygens (including phenoxy) is 1. The lowest BCUT2D eigenvalue weighted by Crippen LogP contribution is -1.88. The predicted octanol–water partition coefficient (Wildman–Crippen LogP) is 3.76. The fourth-order valence-electron chi connectivity index (χ4n) is 1.65. The molecule has 1 N–H and O–H groups in total. The lowest BCUT2D eigenvalue weighted by Gasteiger charge is -2.07. The smallest absolute Gasteiger partial charge is 0.128 e. The van der Waals surface area contributed by atoms with Crippen molar-refractivity contribution in [2.24, 2.45) is 0 Å². The van der Waals surface area contributed by atoms with Crippen molar-refractivity contribution in [1.82, 2.24) is 4.98 Å². The van der Waals surface area contributed by atoms with E-state index in [-0.39, 0.29) is 0 Å². The summed E-state index contributed by atoms with van der Waals surface area (Å²) in [5.74, 6) is 0.884. The zero-order chi connectivity index (χ0) is 10.8. The van der Waals surface area contributed by atoms with Crippen LogP contribution in [0, 0.1) is 6.92 Å². The molecule has 2 rings (SSSR count). The molecule has 0 aliphatic rings. The van der Waals surface area contributed by atoms with Gasteiger partial charge in [0.1, 0.15) is 5.75 Å². The van der Waals surface area contributed by atoms with Crippen LogP contribution in [0.3, 0.4) is 0 Å². The van der Waals surface area contributed by atoms with Gasteiger partial charge in [-0.2, -0.15) is 0 Å². The Hall–Kier alpha value is -1.22. The average molecular weight is 266 g/mol. The Labute approximate surface area is 97.4 Å². The maximum atomic E-state index is 5.33. The summed E-state index contributed by atoms with van der Waals surface area (Å²) in [6, 6.07) is 10.0. The van der Waals surface area contributed by atoms with Crippen molar-refractivity contribution in [1.29, 1.82) is 0 Å². The van der Waals surface area contributed by atoms with Gasteiger partial charge in [-0.1, -0.05) is 12.1 Å². The number of H-pyrrole nitrogens is 1. The number of hydrogen-bond donors (Lipinski definition) is 1. The van der Waals surface area contributed by atoms with Gasteiger partial charge < -0.3 is 9.72 Å². The van der Waals surface area contributed by atoms with Gasteiger partial charge in [0.05, 0.1) is 17.4 Å². The minimum Gasteiger partial charge on any atom is -0.496 e. The van der Waals surface area contributed by atoms with E-state index in [0.29, 0.717) is 0 Å². The van der Waals surface area contributed by atoms with E-state index in [9.17, 15) is 0 Å². The maximum absolute atomic E-state index is 5.33. The third-order valence-corrected chi connectivity index (χ3v) is 2.79. The van der Waals surface area contributed by atoms with Gasteiger partial charge in [0, 0.05) is 5.56 Å². The van der Waals surface area contributed by atoms with Gasteiger partial charge in [0.25, 0.3) is 0 Å². The highest BCUT2D eigenvalue weighted by molar-refractivity contribution is 9.10. The molecule has 0 radical (unpaired) electrons. The summed E-state index contributed by atoms with van der Waals surface area (Å²) in [6.45, 7) is 2.07. The number of hydrogen-bond acceptors (Lipinski definition) is 1. The second-order valence-corrected chi connectivity index (χ2v) is 4.23. The molecule has 1 heterocycles. The first-order valence-electron chi connectivity index (χ1n) is 4.71. The Kier molecular flexibility index (Phi) is 2.82. The van der Waals surface area contributed by atoms with E-state index in [4.69, 9.17) is 4.74 Å². The predicted molar refractivity (Wildman–Crippen MR) is 65.2 cm³/mol. The second-order valence-electron chi connectivity index (χ2n) is 3.38. The molecule has 0 fully saturated rings. The number of aromatic nitrogens is 1. The zero-order valence-electron chi connectivity index (χ0n) is 8.67. The molecule has 0 spiro atoms. The van der Waals surface area contributed by atoms with Crippen molar-refractivity contribution in [3.63, 3.8) is 0 Å². The summed E-state index contributed by atoms with van der Waals surface area (Å²) in [5, 5.41) is 0. The van der Waals surface area contributed by atoms with Crippen LogP contribution in [0.4, 0.5) is 0 Å². The molecule has 0 aliphatic carbocycles. The van der Waals surface area contributed by atoms with E-state index < -0.39 is 0 Å². The van der Waals surface area contributed by atoms with Crippen molar-refractivity contribution >= 4 is 15.9 Å². The highest BCUT2D eigenvalue weighted by Gasteiger charge is 2.09. The van der Waals surface area contributed by atoms with Gasteiger partial charge in [0.2, 0.25) is 0 Å². The van der Waals surface area contributed by atoms with Crippen LogP contribution in [0.5, 0.6) is 5.75 Å². The third kappa shape index (κ3) is 1.92. The Morgan fingerprint density at radius 2 is 2.00 bits per heavy atom. The van der Waals surface area contributed by atoms with Crippen LogP contribution in [0.2, 0.25) is 0 Å². The number of halogens is 1. The minimum absolute atomic E-state index is 0.884. The summed E-state index contributed by atoms with van der Waals surface area (Å²) in [5.41, 5.74) is 3.38. The normalized spacial score (nSPS) is 10.3. The molecule has 0 aliphatic heterocycles. The minimum atomic E-state index is 0.884. The molecule has 0 saturated carbocycles. The summed E-state index contributed by atoms with van der Waals surface area (Å²) >= 11 is 3.43. The van der Waals surface area contributed by atoms with Gasteiger partial charge in [0.15, 0.2) is 0 Å². The quantitative estimate of drug-likeness (QED) is 0.879. The van der Waals surface area contributed by atoms with Crippen molar-refractivity contribution < 1.29 is 4.74 Å². The first kappa shape index (κ1) is 10.3. The highest BCUT2D eigenvalue weighted by Crippen LogP contribution is 2.32. The molecular formula is C12H12BrNO. The first-order chi connectivity index (χ1) is 7.22. The molecule has 0 unspecified atom stereocenters. The summed E-state index contributed by atoms with van der Waals surface area (Å²) in [7, 11) is 1.69. The fourth-order valence-corrected chi connectivity index (χ4v) is 2.19. The SMILES string of the molecule is COc1ccccc1-c1[nH]c(Br)cc1C. The van der Waals surface area contributed by atoms with Gasteiger partial charge in [-0.05, 0) is 46.6 Å². The molecule has 78 valence electrons. The van der Waals surface area contributed by atoms with Crippen LogP contribution in [0.1, 0.15) is 5.56 Å². The average Bonchev–Trinajstić information content (AvgIpc) is 2.57. The number of benzene rings is 1. The lowest BCUT2D eigenvalue weighted by molar-refractivity contribution is 0.416. The van der Waals surface area contributed by atoms with Gasteiger partial charge in [-0.15, -0.1) is 0 Å². The van der Waals surface area contributed by atoms with Crippen molar-refractivity contribution in [2.75, 3.05) is 7.11 Å². The fraction of sp³-hybridized carbons (Fsp3) is 0.167. The first-order valence-corrected chi connectivity index (χ1v) is 5.50. The molecule has 15 heavy (non-hydrogen) atoms. The molecule has 2 nitrogen and oxygen atoms in total. The van der Waals surface area contributed by atoms with Crippen molar-refractivity contribution in [3.05, 3.63) is 40.5 Å². The second kappa shape index (κ2) is 4.11. The summed E-state index contributed by atoms with van der Waals surface area (Å²) in [6.07, 6.45) is 0. The largest absolute Gasteiger partial charge is 0.496 e. The summed E-state index contributed by atoms with van der Waals surface area (Å²) < 4.78 is 6.32. The molecule has 1 aromatic heterocycles. The Bertz CT molecular complexity index is 476. The lowest BCUT2D eigenvalue weighted by atomic mass is 10.1. The van der Waals surface area contributed by atoms with E-state index >= 15 is 0 Å². The van der Waals surface area contributed by atoms with Crippen LogP contribution in [-0.2, 0) is 0 Å². The van der Waals surface area contributed by atoms with Gasteiger partial charge >= 0.3 is 0 Å². The molecule has 1 aromatic carbocycles. The Balaban J connectivity index is 2.58. The molecule has 0 saturated heterocycles. The number of aromatic amines is 1. The zero-order valence-corrected chi connectivity index (χ0v) is 10.3. The Morgan fingerprint density at radius 3 is 2.60 bits per heavy atom. The standard InChI is InChI=1S/C12H12BrNO/c1-8-7-11(13)14-12(8)9-5-3-4-6-10(9)15-2/h3-7,14H,1-2H3. The molecule has 0 atom stereocenters. The molecule has 0 amide bonds. The third-order valence-electron chi connectivity index (χ3n) is 2.36. The van der Waals surface area contributed by atoms with Crippen LogP contribution >= 0.6 is 15.9 Å². The van der Waals surface area contributed by atoms with Gasteiger partial charge in [-0.3, -0.25) is 0 Å². The summed E-state index contributed by atoms with van der Waals surface area (Å²) in [4.78, 5) is 3.27. The van der Waals surface area contributed by atoms with Crippen LogP contribution in [0.25, 0.3) is 11.3 Å². The van der Waals surface area contributed by atoms with E-state index in [1.165, 1.54) is 5.56 Å². The van der Waals surface area contributed by atoms with Crippen LogP contribution in [-0.4, -0.2) is 12.1 Å². The molecule has 3 heteroatoms. The van der Waals surface area contributed by atoms with E-state index in [2.05, 4.69) is 33.9 Å². The monoisotopic (exact) mass is 265 g/mol. The topological polar surface area (TPSA) is 25.0 Å². The maximum Gasteiger partial charge on any atom is 0.128 e. The molecular weight excluding hydrogens is 254 g/mol. The van der Waals surface area contributed by atoms with Crippen molar-refractivity contribution in [3.8, 4) is 17.0 Å². The van der Waals surface area contributed by atoms with E-state index in [0.717, 1.165) is 21.6 Å². The van der Waals surface area contributed by atoms with Gasteiger partial charge in [-0.25, -0.2) is 0 Å². The van der Waals surface area contributed by atoms with E-state index in [1.807, 2.05) is 24.3 Å². The van der Waals surface area contributed by atoms with Crippen LogP contribution < -0.4 is 4.74 Å². The van der Waals surface area contributed by atoms with E-state index in [1.54, 1.807) is 7.11 Å². The number of nitrogens with one attached hydrogen (secondary N) is 1. The number of para-hydroxylation sites is 1. The number of methoxy groups -OCH3 is 1. The van der Waals surface area contributed by atoms with Crippen molar-refractivity contribution in [2.45, 2.75) is 6.92 Å². The Morgan fingerprint density at radius 1 is 1.27 bits per heavy atom. The van der Waals surface area contributed by atoms with Crippen LogP contribution in [0.15, 0.2) is 34.9 Å². The number of aryl methyl sites for hydroxylation is 1.